The standard InChI is InChI=1S/C19H19N3O2S3/c1-12(18(23)24)10-25-15-8-16(27-14-6-4-3-5-7-14)17(20-9-15)22-19-21-13(2)11-26-19/h3-9,11-12H,10H2,1-2H3,(H,23,24)(H,20,21,22). The lowest BCUT2D eigenvalue weighted by Crippen LogP contribution is -2.11. The van der Waals surface area contributed by atoms with Gasteiger partial charge < -0.3 is 10.4 Å². The van der Waals surface area contributed by atoms with E-state index in [4.69, 9.17) is 5.11 Å². The van der Waals surface area contributed by atoms with Crippen molar-refractivity contribution in [1.82, 2.24) is 9.97 Å². The highest BCUT2D eigenvalue weighted by molar-refractivity contribution is 8.00. The van der Waals surface area contributed by atoms with E-state index in [9.17, 15) is 4.79 Å². The van der Waals surface area contributed by atoms with Crippen LogP contribution in [0.4, 0.5) is 10.9 Å². The number of thiazole rings is 1. The Morgan fingerprint density at radius 2 is 2.07 bits per heavy atom. The van der Waals surface area contributed by atoms with E-state index >= 15 is 0 Å². The summed E-state index contributed by atoms with van der Waals surface area (Å²) in [4.78, 5) is 23.1. The molecular formula is C19H19N3O2S3. The zero-order chi connectivity index (χ0) is 19.2. The molecule has 2 N–H and O–H groups in total. The predicted molar refractivity (Wildman–Crippen MR) is 112 cm³/mol. The maximum atomic E-state index is 11.0. The maximum absolute atomic E-state index is 11.0. The molecule has 3 aromatic rings. The van der Waals surface area contributed by atoms with Crippen LogP contribution in [0.1, 0.15) is 12.6 Å². The van der Waals surface area contributed by atoms with Crippen LogP contribution in [0.25, 0.3) is 0 Å². The van der Waals surface area contributed by atoms with E-state index in [1.807, 2.05) is 48.7 Å². The lowest BCUT2D eigenvalue weighted by molar-refractivity contribution is -0.140. The molecule has 0 amide bonds. The fraction of sp³-hybridized carbons (Fsp3) is 0.211. The molecule has 0 spiro atoms. The molecule has 8 heteroatoms. The second kappa shape index (κ2) is 9.25. The number of aromatic nitrogens is 2. The van der Waals surface area contributed by atoms with Crippen LogP contribution in [0.2, 0.25) is 0 Å². The van der Waals surface area contributed by atoms with E-state index in [0.29, 0.717) is 5.75 Å². The van der Waals surface area contributed by atoms with Crippen molar-refractivity contribution in [2.24, 2.45) is 5.92 Å². The first kappa shape index (κ1) is 19.7. The molecule has 2 heterocycles. The minimum absolute atomic E-state index is 0.406. The van der Waals surface area contributed by atoms with Gasteiger partial charge in [-0.2, -0.15) is 0 Å². The van der Waals surface area contributed by atoms with Gasteiger partial charge in [-0.3, -0.25) is 4.79 Å². The van der Waals surface area contributed by atoms with Gasteiger partial charge in [-0.15, -0.1) is 23.1 Å². The number of nitrogens with one attached hydrogen (secondary N) is 1. The fourth-order valence-electron chi connectivity index (χ4n) is 2.10. The van der Waals surface area contributed by atoms with E-state index in [1.165, 1.54) is 23.1 Å². The molecule has 0 aliphatic heterocycles. The SMILES string of the molecule is Cc1csc(Nc2ncc(SCC(C)C(=O)O)cc2Sc2ccccc2)n1. The number of rotatable bonds is 8. The summed E-state index contributed by atoms with van der Waals surface area (Å²) in [5, 5.41) is 15.2. The minimum atomic E-state index is -0.785. The van der Waals surface area contributed by atoms with Crippen LogP contribution in [-0.2, 0) is 4.79 Å². The summed E-state index contributed by atoms with van der Waals surface area (Å²) in [6, 6.07) is 12.1. The molecule has 3 rings (SSSR count). The Morgan fingerprint density at radius 1 is 1.30 bits per heavy atom. The summed E-state index contributed by atoms with van der Waals surface area (Å²) < 4.78 is 0. The van der Waals surface area contributed by atoms with Crippen LogP contribution < -0.4 is 5.32 Å². The Kier molecular flexibility index (Phi) is 6.76. The van der Waals surface area contributed by atoms with Gasteiger partial charge >= 0.3 is 5.97 Å². The molecule has 0 bridgehead atoms. The van der Waals surface area contributed by atoms with E-state index < -0.39 is 11.9 Å². The van der Waals surface area contributed by atoms with Crippen molar-refractivity contribution in [3.63, 3.8) is 0 Å². The maximum Gasteiger partial charge on any atom is 0.307 e. The Morgan fingerprint density at radius 3 is 2.74 bits per heavy atom. The third kappa shape index (κ3) is 5.72. The number of aryl methyl sites for hydroxylation is 1. The monoisotopic (exact) mass is 417 g/mol. The summed E-state index contributed by atoms with van der Waals surface area (Å²) in [6.07, 6.45) is 1.77. The number of carbonyl (C=O) groups is 1. The largest absolute Gasteiger partial charge is 0.481 e. The lowest BCUT2D eigenvalue weighted by atomic mass is 10.2. The summed E-state index contributed by atoms with van der Waals surface area (Å²) >= 11 is 4.66. The molecule has 140 valence electrons. The highest BCUT2D eigenvalue weighted by atomic mass is 32.2. The number of anilines is 2. The molecule has 1 atom stereocenters. The number of benzene rings is 1. The highest BCUT2D eigenvalue weighted by Gasteiger charge is 2.14. The van der Waals surface area contributed by atoms with E-state index in [2.05, 4.69) is 15.3 Å². The molecule has 1 unspecified atom stereocenters. The van der Waals surface area contributed by atoms with Crippen LogP contribution in [0.5, 0.6) is 0 Å². The van der Waals surface area contributed by atoms with Crippen molar-refractivity contribution < 1.29 is 9.90 Å². The first-order valence-corrected chi connectivity index (χ1v) is 11.0. The first-order valence-electron chi connectivity index (χ1n) is 8.29. The number of aliphatic carboxylic acids is 1. The second-order valence-electron chi connectivity index (χ2n) is 5.90. The Labute approximate surface area is 170 Å². The zero-order valence-corrected chi connectivity index (χ0v) is 17.3. The molecule has 2 aromatic heterocycles. The Balaban J connectivity index is 1.83. The number of nitrogens with zero attached hydrogens (tertiary/aromatic N) is 2. The summed E-state index contributed by atoms with van der Waals surface area (Å²) in [5.41, 5.74) is 0.967. The van der Waals surface area contributed by atoms with E-state index in [1.54, 1.807) is 24.9 Å². The van der Waals surface area contributed by atoms with Crippen molar-refractivity contribution in [2.45, 2.75) is 28.5 Å². The average molecular weight is 418 g/mol. The highest BCUT2D eigenvalue weighted by Crippen LogP contribution is 2.36. The molecule has 0 aliphatic rings. The Hall–Kier alpha value is -2.03. The second-order valence-corrected chi connectivity index (χ2v) is 8.97. The smallest absolute Gasteiger partial charge is 0.307 e. The van der Waals surface area contributed by atoms with Gasteiger partial charge in [0.1, 0.15) is 5.82 Å². The van der Waals surface area contributed by atoms with E-state index in [0.717, 1.165) is 31.3 Å². The number of carboxylic acids is 1. The van der Waals surface area contributed by atoms with Gasteiger partial charge in [-0.05, 0) is 25.1 Å². The fourth-order valence-corrected chi connectivity index (χ4v) is 4.71. The molecule has 27 heavy (non-hydrogen) atoms. The average Bonchev–Trinajstić information content (AvgIpc) is 3.07. The molecular weight excluding hydrogens is 398 g/mol. The Bertz CT molecular complexity index is 916. The molecule has 1 aromatic carbocycles. The number of hydrogen-bond acceptors (Lipinski definition) is 7. The van der Waals surface area contributed by atoms with Gasteiger partial charge in [0.2, 0.25) is 0 Å². The van der Waals surface area contributed by atoms with E-state index in [-0.39, 0.29) is 0 Å². The summed E-state index contributed by atoms with van der Waals surface area (Å²) in [6.45, 7) is 3.67. The van der Waals surface area contributed by atoms with Gasteiger partial charge in [-0.25, -0.2) is 9.97 Å². The van der Waals surface area contributed by atoms with Crippen LogP contribution in [0.15, 0.2) is 62.7 Å². The number of hydrogen-bond donors (Lipinski definition) is 2. The van der Waals surface area contributed by atoms with Gasteiger partial charge in [0.05, 0.1) is 16.5 Å². The quantitative estimate of drug-likeness (QED) is 0.465. The molecule has 0 aliphatic carbocycles. The van der Waals surface area contributed by atoms with Gasteiger partial charge in [0, 0.05) is 27.1 Å². The van der Waals surface area contributed by atoms with Gasteiger partial charge in [0.25, 0.3) is 0 Å². The van der Waals surface area contributed by atoms with Crippen molar-refractivity contribution in [2.75, 3.05) is 11.1 Å². The van der Waals surface area contributed by atoms with Gasteiger partial charge in [-0.1, -0.05) is 36.9 Å². The molecule has 0 fully saturated rings. The normalized spacial score (nSPS) is 11.9. The molecule has 0 saturated carbocycles. The number of carboxylic acid groups (broad SMARTS) is 1. The van der Waals surface area contributed by atoms with Crippen molar-refractivity contribution in [1.29, 1.82) is 0 Å². The van der Waals surface area contributed by atoms with Crippen molar-refractivity contribution >= 4 is 51.8 Å². The molecule has 0 saturated heterocycles. The van der Waals surface area contributed by atoms with Crippen molar-refractivity contribution in [3.8, 4) is 0 Å². The molecule has 0 radical (unpaired) electrons. The summed E-state index contributed by atoms with van der Waals surface area (Å²) in [7, 11) is 0. The third-order valence-corrected chi connectivity index (χ3v) is 6.70. The predicted octanol–water partition coefficient (Wildman–Crippen LogP) is 5.55. The minimum Gasteiger partial charge on any atom is -0.481 e. The zero-order valence-electron chi connectivity index (χ0n) is 14.9. The van der Waals surface area contributed by atoms with Crippen molar-refractivity contribution in [3.05, 3.63) is 53.7 Å². The van der Waals surface area contributed by atoms with Gasteiger partial charge in [0.15, 0.2) is 5.13 Å². The van der Waals surface area contributed by atoms with Crippen LogP contribution in [-0.4, -0.2) is 26.8 Å². The molecule has 5 nitrogen and oxygen atoms in total. The number of thioether (sulfide) groups is 1. The summed E-state index contributed by atoms with van der Waals surface area (Å²) in [5.74, 6) is 0.0576. The van der Waals surface area contributed by atoms with Crippen LogP contribution in [0.3, 0.4) is 0 Å². The third-order valence-electron chi connectivity index (χ3n) is 3.56. The topological polar surface area (TPSA) is 75.1 Å². The lowest BCUT2D eigenvalue weighted by Gasteiger charge is -2.12. The number of pyridine rings is 1. The van der Waals surface area contributed by atoms with Crippen LogP contribution >= 0.6 is 34.9 Å². The van der Waals surface area contributed by atoms with Crippen LogP contribution in [0, 0.1) is 12.8 Å². The first-order chi connectivity index (χ1) is 13.0.